The van der Waals surface area contributed by atoms with E-state index in [0.29, 0.717) is 13.0 Å². The van der Waals surface area contributed by atoms with E-state index in [1.54, 1.807) is 0 Å². The molecular formula is C16H25N5O8. The first-order valence-corrected chi connectivity index (χ1v) is 8.94. The molecule has 0 aromatic heterocycles. The number of hydrogen-bond acceptors (Lipinski definition) is 7. The minimum absolute atomic E-state index is 0.157. The second-order valence-corrected chi connectivity index (χ2v) is 6.49. The van der Waals surface area contributed by atoms with Crippen LogP contribution in [0.5, 0.6) is 0 Å². The van der Waals surface area contributed by atoms with E-state index < -0.39 is 66.7 Å². The Morgan fingerprint density at radius 1 is 1.00 bits per heavy atom. The molecule has 29 heavy (non-hydrogen) atoms. The summed E-state index contributed by atoms with van der Waals surface area (Å²) < 4.78 is 0. The predicted octanol–water partition coefficient (Wildman–Crippen LogP) is -3.35. The molecule has 0 spiro atoms. The van der Waals surface area contributed by atoms with Gasteiger partial charge < -0.3 is 37.2 Å². The Balaban J connectivity index is 2.83. The van der Waals surface area contributed by atoms with Gasteiger partial charge in [0.05, 0.1) is 12.5 Å². The lowest BCUT2D eigenvalue weighted by molar-refractivity contribution is -0.141. The van der Waals surface area contributed by atoms with Crippen LogP contribution in [-0.2, 0) is 28.8 Å². The maximum atomic E-state index is 12.6. The van der Waals surface area contributed by atoms with Gasteiger partial charge in [0.1, 0.15) is 18.6 Å². The molecule has 13 nitrogen and oxygen atoms in total. The van der Waals surface area contributed by atoms with Crippen molar-refractivity contribution in [3.05, 3.63) is 0 Å². The van der Waals surface area contributed by atoms with Crippen molar-refractivity contribution >= 4 is 35.6 Å². The van der Waals surface area contributed by atoms with Crippen LogP contribution in [0, 0.1) is 0 Å². The zero-order chi connectivity index (χ0) is 22.0. The van der Waals surface area contributed by atoms with Gasteiger partial charge in [0.25, 0.3) is 0 Å². The maximum Gasteiger partial charge on any atom is 0.322 e. The Kier molecular flexibility index (Phi) is 9.51. The van der Waals surface area contributed by atoms with Gasteiger partial charge >= 0.3 is 11.9 Å². The maximum absolute atomic E-state index is 12.6. The van der Waals surface area contributed by atoms with Gasteiger partial charge in [0, 0.05) is 6.42 Å². The molecule has 0 bridgehead atoms. The molecule has 3 atom stereocenters. The van der Waals surface area contributed by atoms with Crippen LogP contribution in [0.2, 0.25) is 0 Å². The van der Waals surface area contributed by atoms with Crippen LogP contribution in [0.4, 0.5) is 0 Å². The van der Waals surface area contributed by atoms with Crippen LogP contribution in [0.15, 0.2) is 0 Å². The predicted molar refractivity (Wildman–Crippen MR) is 96.2 cm³/mol. The molecule has 1 heterocycles. The summed E-state index contributed by atoms with van der Waals surface area (Å²) in [5, 5.41) is 27.1. The molecule has 1 fully saturated rings. The highest BCUT2D eigenvalue weighted by Gasteiger charge is 2.31. The van der Waals surface area contributed by atoms with Crippen LogP contribution in [0.3, 0.4) is 0 Å². The minimum atomic E-state index is -1.57. The molecule has 1 saturated heterocycles. The van der Waals surface area contributed by atoms with Crippen LogP contribution >= 0.6 is 0 Å². The molecule has 0 saturated carbocycles. The van der Waals surface area contributed by atoms with Crippen molar-refractivity contribution in [2.75, 3.05) is 13.1 Å². The van der Waals surface area contributed by atoms with E-state index in [-0.39, 0.29) is 12.8 Å². The fourth-order valence-corrected chi connectivity index (χ4v) is 2.68. The number of amides is 4. The second kappa shape index (κ2) is 11.6. The summed E-state index contributed by atoms with van der Waals surface area (Å²) in [5.41, 5.74) is 5.08. The van der Waals surface area contributed by atoms with Crippen LogP contribution < -0.4 is 27.0 Å². The van der Waals surface area contributed by atoms with E-state index in [9.17, 15) is 28.8 Å². The van der Waals surface area contributed by atoms with Crippen LogP contribution in [0.25, 0.3) is 0 Å². The number of hydrogen-bond donors (Lipinski definition) is 7. The quantitative estimate of drug-likeness (QED) is 0.169. The first-order chi connectivity index (χ1) is 13.6. The zero-order valence-electron chi connectivity index (χ0n) is 15.6. The molecule has 4 amide bonds. The average Bonchev–Trinajstić information content (AvgIpc) is 3.16. The Labute approximate surface area is 165 Å². The Hall–Kier alpha value is -3.22. The molecule has 1 rings (SSSR count). The van der Waals surface area contributed by atoms with E-state index in [0.717, 1.165) is 6.42 Å². The van der Waals surface area contributed by atoms with Gasteiger partial charge in [-0.1, -0.05) is 0 Å². The van der Waals surface area contributed by atoms with Crippen molar-refractivity contribution in [2.24, 2.45) is 5.73 Å². The van der Waals surface area contributed by atoms with Crippen molar-refractivity contribution in [1.82, 2.24) is 21.3 Å². The summed E-state index contributed by atoms with van der Waals surface area (Å²) in [6.07, 6.45) is 0.148. The van der Waals surface area contributed by atoms with Crippen molar-refractivity contribution in [1.29, 1.82) is 0 Å². The number of rotatable bonds is 12. The minimum Gasteiger partial charge on any atom is -0.481 e. The van der Waals surface area contributed by atoms with Gasteiger partial charge in [0.2, 0.25) is 23.6 Å². The zero-order valence-corrected chi connectivity index (χ0v) is 15.6. The second-order valence-electron chi connectivity index (χ2n) is 6.49. The highest BCUT2D eigenvalue weighted by Crippen LogP contribution is 2.07. The van der Waals surface area contributed by atoms with Gasteiger partial charge in [-0.05, 0) is 25.8 Å². The van der Waals surface area contributed by atoms with Gasteiger partial charge in [-0.2, -0.15) is 0 Å². The molecule has 0 aromatic carbocycles. The highest BCUT2D eigenvalue weighted by molar-refractivity contribution is 5.95. The molecule has 0 aromatic rings. The lowest BCUT2D eigenvalue weighted by Gasteiger charge is -2.23. The van der Waals surface area contributed by atoms with E-state index in [1.807, 2.05) is 5.32 Å². The summed E-state index contributed by atoms with van der Waals surface area (Å²) in [5.74, 6) is -5.85. The van der Waals surface area contributed by atoms with E-state index >= 15 is 0 Å². The fourth-order valence-electron chi connectivity index (χ4n) is 2.68. The van der Waals surface area contributed by atoms with Gasteiger partial charge in [-0.15, -0.1) is 0 Å². The summed E-state index contributed by atoms with van der Waals surface area (Å²) in [6, 6.07) is -3.31. The summed E-state index contributed by atoms with van der Waals surface area (Å²) in [7, 11) is 0. The molecule has 1 aliphatic rings. The number of nitrogens with two attached hydrogens (primary N) is 1. The number of carbonyl (C=O) groups excluding carboxylic acids is 4. The van der Waals surface area contributed by atoms with Crippen molar-refractivity contribution in [2.45, 2.75) is 50.2 Å². The smallest absolute Gasteiger partial charge is 0.322 e. The lowest BCUT2D eigenvalue weighted by Crippen LogP contribution is -2.56. The average molecular weight is 415 g/mol. The third-order valence-corrected chi connectivity index (χ3v) is 4.11. The van der Waals surface area contributed by atoms with Crippen molar-refractivity contribution < 1.29 is 39.0 Å². The Bertz CT molecular complexity index is 662. The first-order valence-electron chi connectivity index (χ1n) is 8.94. The van der Waals surface area contributed by atoms with Gasteiger partial charge in [-0.25, -0.2) is 0 Å². The molecule has 162 valence electrons. The number of carbonyl (C=O) groups is 6. The third-order valence-electron chi connectivity index (χ3n) is 4.11. The number of carboxylic acid groups (broad SMARTS) is 2. The summed E-state index contributed by atoms with van der Waals surface area (Å²) >= 11 is 0. The number of aliphatic carboxylic acids is 2. The standard InChI is InChI=1S/C16H25N5O8/c17-11(22)4-3-9(20-15(28)8-2-1-5-18-8)16(29)21-10(6-12(23)24)14(27)19-7-13(25)26/h8-10,18H,1-7H2,(H2,17,22)(H,19,27)(H,20,28)(H,21,29)(H,23,24)(H,25,26). The number of primary amides is 1. The number of nitrogens with one attached hydrogen (secondary N) is 4. The molecular weight excluding hydrogens is 390 g/mol. The topological polar surface area (TPSA) is 217 Å². The number of carboxylic acids is 2. The molecule has 0 radical (unpaired) electrons. The normalized spacial score (nSPS) is 17.6. The molecule has 1 aliphatic heterocycles. The van der Waals surface area contributed by atoms with Crippen molar-refractivity contribution in [3.8, 4) is 0 Å². The Morgan fingerprint density at radius 2 is 1.69 bits per heavy atom. The summed E-state index contributed by atoms with van der Waals surface area (Å²) in [4.78, 5) is 69.4. The van der Waals surface area contributed by atoms with E-state index in [2.05, 4.69) is 16.0 Å². The van der Waals surface area contributed by atoms with Gasteiger partial charge in [0.15, 0.2) is 0 Å². The molecule has 3 unspecified atom stereocenters. The Morgan fingerprint density at radius 3 is 2.21 bits per heavy atom. The lowest BCUT2D eigenvalue weighted by atomic mass is 10.1. The van der Waals surface area contributed by atoms with Crippen LogP contribution in [-0.4, -0.2) is 77.0 Å². The first kappa shape index (κ1) is 23.8. The molecule has 8 N–H and O–H groups in total. The van der Waals surface area contributed by atoms with Gasteiger partial charge in [-0.3, -0.25) is 28.8 Å². The molecule has 0 aliphatic carbocycles. The summed E-state index contributed by atoms with van der Waals surface area (Å²) in [6.45, 7) is -0.124. The van der Waals surface area contributed by atoms with Crippen molar-refractivity contribution in [3.63, 3.8) is 0 Å². The molecule has 13 heteroatoms. The van der Waals surface area contributed by atoms with E-state index in [1.165, 1.54) is 0 Å². The monoisotopic (exact) mass is 415 g/mol. The fraction of sp³-hybridized carbons (Fsp3) is 0.625. The largest absolute Gasteiger partial charge is 0.481 e. The third kappa shape index (κ3) is 9.01. The SMILES string of the molecule is NC(=O)CCC(NC(=O)C1CCCN1)C(=O)NC(CC(=O)O)C(=O)NCC(=O)O. The van der Waals surface area contributed by atoms with Crippen LogP contribution in [0.1, 0.15) is 32.1 Å². The van der Waals surface area contributed by atoms with E-state index in [4.69, 9.17) is 15.9 Å². The highest BCUT2D eigenvalue weighted by atomic mass is 16.4.